The van der Waals surface area contributed by atoms with Gasteiger partial charge < -0.3 is 10.6 Å². The quantitative estimate of drug-likeness (QED) is 0.396. The number of nitrogens with zero attached hydrogens (tertiary/aromatic N) is 1. The molecule has 2 aliphatic rings. The van der Waals surface area contributed by atoms with E-state index in [0.717, 1.165) is 10.8 Å². The summed E-state index contributed by atoms with van der Waals surface area (Å²) in [5, 5.41) is 7.91. The molecule has 0 bridgehead atoms. The van der Waals surface area contributed by atoms with Crippen LogP contribution in [0, 0.1) is 0 Å². The lowest BCUT2D eigenvalue weighted by Crippen LogP contribution is -2.46. The summed E-state index contributed by atoms with van der Waals surface area (Å²) in [5.74, 6) is -0.875. The first-order valence-electron chi connectivity index (χ1n) is 12.3. The fourth-order valence-corrected chi connectivity index (χ4v) is 6.79. The highest BCUT2D eigenvalue weighted by Crippen LogP contribution is 2.35. The van der Waals surface area contributed by atoms with Crippen LogP contribution >= 0.6 is 23.2 Å². The summed E-state index contributed by atoms with van der Waals surface area (Å²) in [7, 11) is -3.86. The summed E-state index contributed by atoms with van der Waals surface area (Å²) in [5.41, 5.74) is 2.58. The third-order valence-corrected chi connectivity index (χ3v) is 9.47. The Bertz CT molecular complexity index is 1590. The predicted molar refractivity (Wildman–Crippen MR) is 150 cm³/mol. The first-order valence-corrected chi connectivity index (χ1v) is 14.5. The van der Waals surface area contributed by atoms with Crippen molar-refractivity contribution in [3.05, 3.63) is 82.5 Å². The minimum atomic E-state index is -3.86. The van der Waals surface area contributed by atoms with Gasteiger partial charge in [0.15, 0.2) is 0 Å². The molecule has 9 nitrogen and oxygen atoms in total. The van der Waals surface area contributed by atoms with Crippen molar-refractivity contribution in [2.75, 3.05) is 18.4 Å². The Morgan fingerprint density at radius 1 is 1.03 bits per heavy atom. The van der Waals surface area contributed by atoms with Crippen molar-refractivity contribution in [3.63, 3.8) is 0 Å². The maximum absolute atomic E-state index is 13.1. The van der Waals surface area contributed by atoms with Gasteiger partial charge in [-0.2, -0.15) is 4.31 Å². The Hall–Kier alpha value is -3.15. The molecule has 3 aromatic carbocycles. The summed E-state index contributed by atoms with van der Waals surface area (Å²) in [6, 6.07) is 16.9. The molecule has 1 spiro atoms. The molecule has 0 saturated carbocycles. The largest absolute Gasteiger partial charge is 0.339 e. The highest BCUT2D eigenvalue weighted by Gasteiger charge is 2.43. The summed E-state index contributed by atoms with van der Waals surface area (Å²) >= 11 is 12.1. The van der Waals surface area contributed by atoms with Gasteiger partial charge in [0.1, 0.15) is 22.2 Å². The van der Waals surface area contributed by atoms with Gasteiger partial charge in [-0.05, 0) is 66.9 Å². The molecule has 2 heterocycles. The molecule has 1 unspecified atom stereocenters. The minimum Gasteiger partial charge on any atom is -0.339 e. The van der Waals surface area contributed by atoms with E-state index in [0.29, 0.717) is 18.5 Å². The van der Waals surface area contributed by atoms with E-state index in [4.69, 9.17) is 28.0 Å². The molecule has 12 heteroatoms. The Kier molecular flexibility index (Phi) is 7.58. The number of amides is 2. The molecule has 0 aromatic heterocycles. The zero-order valence-electron chi connectivity index (χ0n) is 20.9. The van der Waals surface area contributed by atoms with Crippen LogP contribution in [0.15, 0.2) is 77.3 Å². The Morgan fingerprint density at radius 3 is 2.49 bits per heavy atom. The zero-order valence-corrected chi connectivity index (χ0v) is 23.2. The molecule has 39 heavy (non-hydrogen) atoms. The number of halogens is 2. The lowest BCUT2D eigenvalue weighted by atomic mass is 9.92. The number of benzene rings is 3. The van der Waals surface area contributed by atoms with E-state index < -0.39 is 27.6 Å². The van der Waals surface area contributed by atoms with E-state index in [1.807, 2.05) is 36.4 Å². The van der Waals surface area contributed by atoms with Gasteiger partial charge in [-0.1, -0.05) is 53.5 Å². The molecule has 3 N–H and O–H groups in total. The van der Waals surface area contributed by atoms with Crippen LogP contribution in [0.1, 0.15) is 19.8 Å². The van der Waals surface area contributed by atoms with Crippen molar-refractivity contribution in [2.24, 2.45) is 0 Å². The highest BCUT2D eigenvalue weighted by molar-refractivity contribution is 7.89. The molecule has 204 valence electrons. The number of nitrogens with one attached hydrogen (secondary N) is 3. The number of fused-ring (bicyclic) bond motifs is 1. The van der Waals surface area contributed by atoms with E-state index in [-0.39, 0.29) is 39.6 Å². The predicted octanol–water partition coefficient (Wildman–Crippen LogP) is 4.23. The monoisotopic (exact) mass is 588 g/mol. The van der Waals surface area contributed by atoms with Gasteiger partial charge in [-0.25, -0.2) is 8.42 Å². The van der Waals surface area contributed by atoms with Gasteiger partial charge >= 0.3 is 0 Å². The molecule has 0 aliphatic carbocycles. The van der Waals surface area contributed by atoms with Crippen molar-refractivity contribution in [2.45, 2.75) is 36.3 Å². The Labute approximate surface area is 236 Å². The third kappa shape index (κ3) is 5.75. The van der Waals surface area contributed by atoms with Crippen LogP contribution in [0.3, 0.4) is 0 Å². The number of carbonyl (C=O) groups excluding carboxylic acids is 2. The summed E-state index contributed by atoms with van der Waals surface area (Å²) in [4.78, 5) is 31.2. The number of sulfonamides is 1. The van der Waals surface area contributed by atoms with Crippen LogP contribution < -0.4 is 16.1 Å². The third-order valence-electron chi connectivity index (χ3n) is 6.85. The fourth-order valence-electron chi connectivity index (χ4n) is 4.61. The number of carbonyl (C=O) groups is 2. The molecule has 0 radical (unpaired) electrons. The average Bonchev–Trinajstić information content (AvgIpc) is 3.33. The van der Waals surface area contributed by atoms with Gasteiger partial charge in [0.05, 0.1) is 5.02 Å². The molecule has 1 fully saturated rings. The molecule has 5 rings (SSSR count). The fraction of sp³-hybridized carbons (Fsp3) is 0.259. The highest BCUT2D eigenvalue weighted by atomic mass is 35.5. The summed E-state index contributed by atoms with van der Waals surface area (Å²) in [6.45, 7) is 1.90. The summed E-state index contributed by atoms with van der Waals surface area (Å²) in [6.07, 6.45) is 2.27. The minimum absolute atomic E-state index is 0.0513. The van der Waals surface area contributed by atoms with Crippen LogP contribution in [0.5, 0.6) is 0 Å². The lowest BCUT2D eigenvalue weighted by molar-refractivity contribution is -0.125. The van der Waals surface area contributed by atoms with Crippen LogP contribution in [0.4, 0.5) is 5.69 Å². The van der Waals surface area contributed by atoms with Crippen molar-refractivity contribution >= 4 is 61.5 Å². The SMILES string of the molecule is CC(NC(=O)C1=CC2(CCN(S(=O)(=O)c3cc(Cl)ccc3Cl)CC2)ON1)C(=O)Nc1ccc2ccccc2c1. The molecular formula is C27H26Cl2N4O5S. The number of hydrogen-bond donors (Lipinski definition) is 3. The van der Waals surface area contributed by atoms with Crippen LogP contribution in [-0.4, -0.2) is 49.3 Å². The second kappa shape index (κ2) is 10.8. The van der Waals surface area contributed by atoms with Gasteiger partial charge in [0.2, 0.25) is 15.9 Å². The number of anilines is 1. The lowest BCUT2D eigenvalue weighted by Gasteiger charge is -2.36. The molecular weight excluding hydrogens is 563 g/mol. The van der Waals surface area contributed by atoms with Gasteiger partial charge in [0, 0.05) is 23.8 Å². The first-order chi connectivity index (χ1) is 18.6. The zero-order chi connectivity index (χ0) is 27.8. The van der Waals surface area contributed by atoms with Crippen LogP contribution in [0.2, 0.25) is 10.0 Å². The second-order valence-electron chi connectivity index (χ2n) is 9.55. The Morgan fingerprint density at radius 2 is 1.74 bits per heavy atom. The van der Waals surface area contributed by atoms with Crippen molar-refractivity contribution in [3.8, 4) is 0 Å². The van der Waals surface area contributed by atoms with Crippen LogP contribution in [-0.2, 0) is 24.4 Å². The first kappa shape index (κ1) is 27.4. The van der Waals surface area contributed by atoms with Gasteiger partial charge in [-0.15, -0.1) is 0 Å². The van der Waals surface area contributed by atoms with E-state index in [9.17, 15) is 18.0 Å². The van der Waals surface area contributed by atoms with E-state index >= 15 is 0 Å². The molecule has 2 aliphatic heterocycles. The van der Waals surface area contributed by atoms with E-state index in [2.05, 4.69) is 16.1 Å². The van der Waals surface area contributed by atoms with Crippen LogP contribution in [0.25, 0.3) is 10.8 Å². The smallest absolute Gasteiger partial charge is 0.270 e. The molecule has 2 amide bonds. The van der Waals surface area contributed by atoms with E-state index in [1.54, 1.807) is 19.1 Å². The van der Waals surface area contributed by atoms with Crippen molar-refractivity contribution in [1.29, 1.82) is 0 Å². The molecule has 1 atom stereocenters. The number of piperidine rings is 1. The average molecular weight is 590 g/mol. The number of rotatable bonds is 6. The topological polar surface area (TPSA) is 117 Å². The van der Waals surface area contributed by atoms with Gasteiger partial charge in [0.25, 0.3) is 5.91 Å². The number of hydroxylamine groups is 1. The molecule has 1 saturated heterocycles. The van der Waals surface area contributed by atoms with Gasteiger partial charge in [-0.3, -0.25) is 19.9 Å². The van der Waals surface area contributed by atoms with E-state index in [1.165, 1.54) is 22.5 Å². The normalized spacial score (nSPS) is 17.9. The maximum Gasteiger partial charge on any atom is 0.270 e. The standard InChI is InChI=1S/C27H26Cl2N4O5S/c1-17(25(34)31-21-8-6-18-4-2-3-5-19(18)14-21)30-26(35)23-16-27(38-32-23)10-12-33(13-11-27)39(36,37)24-15-20(28)7-9-22(24)29/h2-9,14-17,32H,10-13H2,1H3,(H,30,35)(H,31,34). The summed E-state index contributed by atoms with van der Waals surface area (Å²) < 4.78 is 27.6. The second-order valence-corrected chi connectivity index (χ2v) is 12.3. The Balaban J connectivity index is 1.19. The number of hydrogen-bond acceptors (Lipinski definition) is 6. The van der Waals surface area contributed by atoms with Crippen molar-refractivity contribution < 1.29 is 22.8 Å². The molecule has 3 aromatic rings. The van der Waals surface area contributed by atoms with Crippen molar-refractivity contribution in [1.82, 2.24) is 15.1 Å². The maximum atomic E-state index is 13.1.